The van der Waals surface area contributed by atoms with E-state index in [-0.39, 0.29) is 11.7 Å². The lowest BCUT2D eigenvalue weighted by Gasteiger charge is -2.07. The smallest absolute Gasteiger partial charge is 0.295 e. The number of benzene rings is 4. The third kappa shape index (κ3) is 3.86. The fourth-order valence-electron chi connectivity index (χ4n) is 3.57. The van der Waals surface area contributed by atoms with Gasteiger partial charge in [-0.05, 0) is 54.8 Å². The largest absolute Gasteiger partial charge is 0.319 e. The third-order valence-corrected chi connectivity index (χ3v) is 5.48. The maximum absolute atomic E-state index is 13.1. The molecule has 0 bridgehead atoms. The van der Waals surface area contributed by atoms with E-state index in [0.29, 0.717) is 16.5 Å². The molecule has 1 amide bonds. The van der Waals surface area contributed by atoms with Gasteiger partial charge in [0.05, 0.1) is 5.69 Å². The van der Waals surface area contributed by atoms with Crippen LogP contribution in [0.5, 0.6) is 0 Å². The van der Waals surface area contributed by atoms with Gasteiger partial charge in [-0.2, -0.15) is 0 Å². The van der Waals surface area contributed by atoms with Gasteiger partial charge in [0.25, 0.3) is 5.91 Å². The summed E-state index contributed by atoms with van der Waals surface area (Å²) in [5.41, 5.74) is 3.48. The predicted molar refractivity (Wildman–Crippen MR) is 128 cm³/mol. The highest BCUT2D eigenvalue weighted by molar-refractivity contribution is 6.30. The van der Waals surface area contributed by atoms with Crippen molar-refractivity contribution in [2.24, 2.45) is 0 Å². The van der Waals surface area contributed by atoms with Gasteiger partial charge >= 0.3 is 0 Å². The summed E-state index contributed by atoms with van der Waals surface area (Å²) in [6.07, 6.45) is 0. The molecule has 5 aromatic rings. The van der Waals surface area contributed by atoms with E-state index in [4.69, 9.17) is 11.6 Å². The van der Waals surface area contributed by atoms with Crippen LogP contribution < -0.4 is 5.32 Å². The van der Waals surface area contributed by atoms with E-state index in [1.165, 1.54) is 0 Å². The standard InChI is InChI=1S/C26H19ClN4O/c1-17-9-15-21(16-10-17)31-25(19-11-13-20(27)14-12-19)29-24(30-31)26(32)28-23-8-4-6-18-5-2-3-7-22(18)23/h2-16H,1H3,(H,28,32). The van der Waals surface area contributed by atoms with Crippen LogP contribution in [0.15, 0.2) is 91.0 Å². The van der Waals surface area contributed by atoms with Crippen LogP contribution in [0.25, 0.3) is 27.8 Å². The topological polar surface area (TPSA) is 59.8 Å². The van der Waals surface area contributed by atoms with Gasteiger partial charge in [-0.15, -0.1) is 5.10 Å². The van der Waals surface area contributed by atoms with Crippen molar-refractivity contribution in [3.63, 3.8) is 0 Å². The van der Waals surface area contributed by atoms with Gasteiger partial charge in [0.2, 0.25) is 5.82 Å². The summed E-state index contributed by atoms with van der Waals surface area (Å²) in [7, 11) is 0. The Hall–Kier alpha value is -3.96. The molecule has 5 rings (SSSR count). The number of halogens is 1. The highest BCUT2D eigenvalue weighted by Gasteiger charge is 2.19. The number of rotatable bonds is 4. The first-order valence-corrected chi connectivity index (χ1v) is 10.6. The van der Waals surface area contributed by atoms with Crippen molar-refractivity contribution in [3.8, 4) is 17.1 Å². The number of nitrogens with one attached hydrogen (secondary N) is 1. The van der Waals surface area contributed by atoms with Crippen molar-refractivity contribution in [2.45, 2.75) is 6.92 Å². The van der Waals surface area contributed by atoms with Gasteiger partial charge in [0.15, 0.2) is 5.82 Å². The number of anilines is 1. The van der Waals surface area contributed by atoms with Crippen LogP contribution in [-0.2, 0) is 0 Å². The SMILES string of the molecule is Cc1ccc(-n2nc(C(=O)Nc3cccc4ccccc34)nc2-c2ccc(Cl)cc2)cc1. The molecule has 0 unspecified atom stereocenters. The van der Waals surface area contributed by atoms with Crippen LogP contribution in [0.2, 0.25) is 5.02 Å². The zero-order valence-electron chi connectivity index (χ0n) is 17.3. The Morgan fingerprint density at radius 2 is 1.59 bits per heavy atom. The lowest BCUT2D eigenvalue weighted by Crippen LogP contribution is -2.14. The zero-order chi connectivity index (χ0) is 22.1. The molecule has 6 heteroatoms. The first-order chi connectivity index (χ1) is 15.6. The van der Waals surface area contributed by atoms with Gasteiger partial charge in [0, 0.05) is 21.7 Å². The van der Waals surface area contributed by atoms with Crippen LogP contribution in [-0.4, -0.2) is 20.7 Å². The number of hydrogen-bond donors (Lipinski definition) is 1. The maximum Gasteiger partial charge on any atom is 0.295 e. The number of amides is 1. The minimum atomic E-state index is -0.373. The average Bonchev–Trinajstić information content (AvgIpc) is 3.26. The van der Waals surface area contributed by atoms with Crippen molar-refractivity contribution in [1.82, 2.24) is 14.8 Å². The van der Waals surface area contributed by atoms with Crippen molar-refractivity contribution in [3.05, 3.63) is 107 Å². The normalized spacial score (nSPS) is 10.9. The number of carbonyl (C=O) groups excluding carboxylic acids is 1. The maximum atomic E-state index is 13.1. The Bertz CT molecular complexity index is 1350. The van der Waals surface area contributed by atoms with Crippen LogP contribution in [0.1, 0.15) is 16.2 Å². The molecule has 5 nitrogen and oxygen atoms in total. The molecule has 32 heavy (non-hydrogen) atoms. The average molecular weight is 439 g/mol. The van der Waals surface area contributed by atoms with Crippen LogP contribution in [0, 0.1) is 6.92 Å². The molecule has 0 aliphatic heterocycles. The second kappa shape index (κ2) is 8.29. The second-order valence-corrected chi connectivity index (χ2v) is 7.93. The summed E-state index contributed by atoms with van der Waals surface area (Å²) in [5, 5.41) is 10.1. The number of nitrogens with zero attached hydrogens (tertiary/aromatic N) is 3. The summed E-state index contributed by atoms with van der Waals surface area (Å²) in [4.78, 5) is 17.7. The summed E-state index contributed by atoms with van der Waals surface area (Å²) >= 11 is 6.06. The highest BCUT2D eigenvalue weighted by atomic mass is 35.5. The first kappa shape index (κ1) is 20.0. The Morgan fingerprint density at radius 1 is 0.875 bits per heavy atom. The van der Waals surface area contributed by atoms with E-state index in [2.05, 4.69) is 15.4 Å². The molecule has 0 aliphatic carbocycles. The number of hydrogen-bond acceptors (Lipinski definition) is 3. The van der Waals surface area contributed by atoms with Crippen LogP contribution >= 0.6 is 11.6 Å². The molecule has 4 aromatic carbocycles. The lowest BCUT2D eigenvalue weighted by atomic mass is 10.1. The molecule has 0 radical (unpaired) electrons. The van der Waals surface area contributed by atoms with E-state index in [0.717, 1.165) is 27.6 Å². The van der Waals surface area contributed by atoms with Gasteiger partial charge < -0.3 is 5.32 Å². The number of fused-ring (bicyclic) bond motifs is 1. The first-order valence-electron chi connectivity index (χ1n) is 10.2. The quantitative estimate of drug-likeness (QED) is 0.358. The molecule has 0 atom stereocenters. The van der Waals surface area contributed by atoms with Crippen molar-refractivity contribution in [2.75, 3.05) is 5.32 Å². The van der Waals surface area contributed by atoms with Crippen molar-refractivity contribution in [1.29, 1.82) is 0 Å². The molecule has 0 saturated carbocycles. The summed E-state index contributed by atoms with van der Waals surface area (Å²) in [6.45, 7) is 2.02. The Balaban J connectivity index is 1.56. The van der Waals surface area contributed by atoms with E-state index in [1.807, 2.05) is 85.8 Å². The minimum absolute atomic E-state index is 0.0865. The fraction of sp³-hybridized carbons (Fsp3) is 0.0385. The monoisotopic (exact) mass is 438 g/mol. The molecular formula is C26H19ClN4O. The Labute approximate surface area is 190 Å². The molecule has 0 aliphatic rings. The van der Waals surface area contributed by atoms with E-state index < -0.39 is 0 Å². The minimum Gasteiger partial charge on any atom is -0.319 e. The molecule has 1 N–H and O–H groups in total. The number of carbonyl (C=O) groups is 1. The molecular weight excluding hydrogens is 420 g/mol. The molecule has 0 spiro atoms. The summed E-state index contributed by atoms with van der Waals surface area (Å²) < 4.78 is 1.68. The fourth-order valence-corrected chi connectivity index (χ4v) is 3.70. The van der Waals surface area contributed by atoms with Crippen molar-refractivity contribution >= 4 is 34.0 Å². The van der Waals surface area contributed by atoms with Crippen molar-refractivity contribution < 1.29 is 4.79 Å². The summed E-state index contributed by atoms with van der Waals surface area (Å²) in [6, 6.07) is 28.9. The van der Waals surface area contributed by atoms with E-state index in [9.17, 15) is 4.79 Å². The number of aromatic nitrogens is 3. The third-order valence-electron chi connectivity index (χ3n) is 5.23. The lowest BCUT2D eigenvalue weighted by molar-refractivity contribution is 0.101. The predicted octanol–water partition coefficient (Wildman–Crippen LogP) is 6.30. The van der Waals surface area contributed by atoms with E-state index >= 15 is 0 Å². The summed E-state index contributed by atoms with van der Waals surface area (Å²) in [5.74, 6) is 0.277. The van der Waals surface area contributed by atoms with Gasteiger partial charge in [-0.3, -0.25) is 4.79 Å². The van der Waals surface area contributed by atoms with Gasteiger partial charge in [-0.1, -0.05) is 65.7 Å². The molecule has 0 saturated heterocycles. The number of aryl methyl sites for hydroxylation is 1. The van der Waals surface area contributed by atoms with Gasteiger partial charge in [0.1, 0.15) is 0 Å². The van der Waals surface area contributed by atoms with Gasteiger partial charge in [-0.25, -0.2) is 9.67 Å². The zero-order valence-corrected chi connectivity index (χ0v) is 18.0. The Morgan fingerprint density at radius 3 is 2.38 bits per heavy atom. The molecule has 1 aromatic heterocycles. The van der Waals surface area contributed by atoms with Crippen LogP contribution in [0.4, 0.5) is 5.69 Å². The van der Waals surface area contributed by atoms with E-state index in [1.54, 1.807) is 16.8 Å². The second-order valence-electron chi connectivity index (χ2n) is 7.49. The highest BCUT2D eigenvalue weighted by Crippen LogP contribution is 2.26. The molecule has 0 fully saturated rings. The molecule has 156 valence electrons. The Kier molecular flexibility index (Phi) is 5.17. The molecule has 1 heterocycles. The van der Waals surface area contributed by atoms with Crippen LogP contribution in [0.3, 0.4) is 0 Å².